The molecule has 0 fully saturated rings. The van der Waals surface area contributed by atoms with Crippen LogP contribution in [0.1, 0.15) is 21.9 Å². The van der Waals surface area contributed by atoms with Crippen molar-refractivity contribution in [1.29, 1.82) is 0 Å². The van der Waals surface area contributed by atoms with Crippen LogP contribution in [0, 0.1) is 0 Å². The lowest BCUT2D eigenvalue weighted by atomic mass is 10.1. The molecule has 80 valence electrons. The molecule has 1 amide bonds. The van der Waals surface area contributed by atoms with Gasteiger partial charge in [-0.15, -0.1) is 0 Å². The molecule has 0 aliphatic heterocycles. The van der Waals surface area contributed by atoms with Crippen LogP contribution in [-0.4, -0.2) is 20.9 Å². The fraction of sp³-hybridized carbons (Fsp3) is 0.0909. The highest BCUT2D eigenvalue weighted by Gasteiger charge is 2.10. The van der Waals surface area contributed by atoms with Gasteiger partial charge in [0.05, 0.1) is 0 Å². The molecule has 2 aromatic rings. The van der Waals surface area contributed by atoms with Gasteiger partial charge in [-0.05, 0) is 17.7 Å². The highest BCUT2D eigenvalue weighted by molar-refractivity contribution is 5.92. The monoisotopic (exact) mass is 214 g/mol. The molecular weight excluding hydrogens is 204 g/mol. The van der Waals surface area contributed by atoms with Gasteiger partial charge >= 0.3 is 0 Å². The molecule has 0 bridgehead atoms. The summed E-state index contributed by atoms with van der Waals surface area (Å²) in [5.41, 5.74) is 6.24. The van der Waals surface area contributed by atoms with Gasteiger partial charge in [-0.3, -0.25) is 9.78 Å². The number of primary amides is 1. The van der Waals surface area contributed by atoms with Gasteiger partial charge in [-0.25, -0.2) is 9.97 Å². The number of carbonyl (C=O) groups is 1. The molecule has 2 heterocycles. The normalized spacial score (nSPS) is 10.0. The Bertz CT molecular complexity index is 498. The first-order valence-corrected chi connectivity index (χ1v) is 4.77. The molecule has 0 radical (unpaired) electrons. The highest BCUT2D eigenvalue weighted by atomic mass is 16.1. The van der Waals surface area contributed by atoms with E-state index in [1.165, 1.54) is 6.20 Å². The fourth-order valence-electron chi connectivity index (χ4n) is 1.39. The molecule has 5 nitrogen and oxygen atoms in total. The summed E-state index contributed by atoms with van der Waals surface area (Å²) in [7, 11) is 0. The minimum Gasteiger partial charge on any atom is -0.364 e. The summed E-state index contributed by atoms with van der Waals surface area (Å²) in [6.07, 6.45) is 5.30. The molecule has 2 aromatic heterocycles. The number of nitrogens with two attached hydrogens (primary N) is 1. The van der Waals surface area contributed by atoms with Crippen molar-refractivity contribution in [1.82, 2.24) is 15.0 Å². The summed E-state index contributed by atoms with van der Waals surface area (Å²) in [6.45, 7) is 0. The largest absolute Gasteiger partial charge is 0.364 e. The predicted molar refractivity (Wildman–Crippen MR) is 57.6 cm³/mol. The van der Waals surface area contributed by atoms with E-state index in [4.69, 9.17) is 5.73 Å². The van der Waals surface area contributed by atoms with Crippen molar-refractivity contribution in [3.05, 3.63) is 53.9 Å². The average molecular weight is 214 g/mol. The van der Waals surface area contributed by atoms with E-state index in [9.17, 15) is 4.79 Å². The number of nitrogens with zero attached hydrogens (tertiary/aromatic N) is 3. The first-order valence-electron chi connectivity index (χ1n) is 4.77. The van der Waals surface area contributed by atoms with Gasteiger partial charge in [0, 0.05) is 25.0 Å². The molecule has 2 N–H and O–H groups in total. The van der Waals surface area contributed by atoms with Crippen molar-refractivity contribution in [2.75, 3.05) is 0 Å². The second-order valence-electron chi connectivity index (χ2n) is 3.22. The Hall–Kier alpha value is -2.30. The third-order valence-electron chi connectivity index (χ3n) is 2.09. The molecule has 0 atom stereocenters. The smallest absolute Gasteiger partial charge is 0.267 e. The average Bonchev–Trinajstić information content (AvgIpc) is 2.31. The second-order valence-corrected chi connectivity index (χ2v) is 3.22. The van der Waals surface area contributed by atoms with E-state index in [-0.39, 0.29) is 5.69 Å². The molecule has 2 rings (SSSR count). The maximum atomic E-state index is 11.1. The van der Waals surface area contributed by atoms with Crippen molar-refractivity contribution >= 4 is 5.91 Å². The van der Waals surface area contributed by atoms with Crippen molar-refractivity contribution in [3.63, 3.8) is 0 Å². The Morgan fingerprint density at radius 2 is 1.81 bits per heavy atom. The molecular formula is C11H10N4O. The third-order valence-corrected chi connectivity index (χ3v) is 2.09. The number of rotatable bonds is 3. The van der Waals surface area contributed by atoms with Crippen LogP contribution in [0.15, 0.2) is 36.8 Å². The van der Waals surface area contributed by atoms with Gasteiger partial charge in [-0.1, -0.05) is 6.07 Å². The predicted octanol–water partition coefficient (Wildman–Crippen LogP) is 0.561. The summed E-state index contributed by atoms with van der Waals surface area (Å²) < 4.78 is 0. The second kappa shape index (κ2) is 4.48. The van der Waals surface area contributed by atoms with E-state index < -0.39 is 5.91 Å². The van der Waals surface area contributed by atoms with Crippen molar-refractivity contribution in [2.24, 2.45) is 5.73 Å². The van der Waals surface area contributed by atoms with Crippen LogP contribution in [0.2, 0.25) is 0 Å². The van der Waals surface area contributed by atoms with E-state index in [0.717, 1.165) is 5.56 Å². The first kappa shape index (κ1) is 10.2. The van der Waals surface area contributed by atoms with Crippen LogP contribution < -0.4 is 5.73 Å². The fourth-order valence-corrected chi connectivity index (χ4v) is 1.39. The number of carbonyl (C=O) groups excluding carboxylic acids is 1. The van der Waals surface area contributed by atoms with E-state index >= 15 is 0 Å². The van der Waals surface area contributed by atoms with E-state index in [2.05, 4.69) is 15.0 Å². The molecule has 0 aliphatic carbocycles. The van der Waals surface area contributed by atoms with Crippen LogP contribution in [0.25, 0.3) is 0 Å². The van der Waals surface area contributed by atoms with E-state index in [1.807, 2.05) is 0 Å². The van der Waals surface area contributed by atoms with Crippen LogP contribution in [-0.2, 0) is 6.42 Å². The number of pyridine rings is 1. The number of hydrogen-bond donors (Lipinski definition) is 1. The van der Waals surface area contributed by atoms with Gasteiger partial charge in [-0.2, -0.15) is 0 Å². The Morgan fingerprint density at radius 3 is 2.50 bits per heavy atom. The molecule has 0 unspecified atom stereocenters. The van der Waals surface area contributed by atoms with Crippen molar-refractivity contribution in [3.8, 4) is 0 Å². The molecule has 0 saturated carbocycles. The van der Waals surface area contributed by atoms with Gasteiger partial charge in [0.25, 0.3) is 5.91 Å². The van der Waals surface area contributed by atoms with Crippen molar-refractivity contribution in [2.45, 2.75) is 6.42 Å². The van der Waals surface area contributed by atoms with Crippen LogP contribution >= 0.6 is 0 Å². The van der Waals surface area contributed by atoms with Crippen LogP contribution in [0.5, 0.6) is 0 Å². The zero-order valence-electron chi connectivity index (χ0n) is 8.50. The summed E-state index contributed by atoms with van der Waals surface area (Å²) in [5, 5.41) is 0. The minimum atomic E-state index is -0.536. The van der Waals surface area contributed by atoms with Gasteiger partial charge in [0.1, 0.15) is 11.5 Å². The maximum absolute atomic E-state index is 11.1. The van der Waals surface area contributed by atoms with Gasteiger partial charge in [0.2, 0.25) is 0 Å². The zero-order chi connectivity index (χ0) is 11.4. The SMILES string of the molecule is NC(=O)c1ncccc1Cc1ncccn1. The van der Waals surface area contributed by atoms with E-state index in [0.29, 0.717) is 12.2 Å². The molecule has 0 saturated heterocycles. The van der Waals surface area contributed by atoms with Gasteiger partial charge < -0.3 is 5.73 Å². The Morgan fingerprint density at radius 1 is 1.12 bits per heavy atom. The lowest BCUT2D eigenvalue weighted by Gasteiger charge is -2.03. The van der Waals surface area contributed by atoms with Crippen molar-refractivity contribution < 1.29 is 4.79 Å². The summed E-state index contributed by atoms with van der Waals surface area (Å²) in [6, 6.07) is 5.29. The molecule has 0 aromatic carbocycles. The Kier molecular flexibility index (Phi) is 2.86. The summed E-state index contributed by atoms with van der Waals surface area (Å²) in [5.74, 6) is 0.101. The topological polar surface area (TPSA) is 81.8 Å². The maximum Gasteiger partial charge on any atom is 0.267 e. The number of aromatic nitrogens is 3. The molecule has 5 heteroatoms. The summed E-state index contributed by atoms with van der Waals surface area (Å²) >= 11 is 0. The van der Waals surface area contributed by atoms with Crippen LogP contribution in [0.4, 0.5) is 0 Å². The standard InChI is InChI=1S/C11H10N4O/c12-11(16)10-8(3-1-4-15-10)7-9-13-5-2-6-14-9/h1-6H,7H2,(H2,12,16). The summed E-state index contributed by atoms with van der Waals surface area (Å²) in [4.78, 5) is 23.2. The molecule has 0 aliphatic rings. The zero-order valence-corrected chi connectivity index (χ0v) is 8.50. The highest BCUT2D eigenvalue weighted by Crippen LogP contribution is 2.08. The Balaban J connectivity index is 2.31. The number of amides is 1. The first-order chi connectivity index (χ1) is 7.77. The Labute approximate surface area is 92.4 Å². The minimum absolute atomic E-state index is 0.273. The van der Waals surface area contributed by atoms with Crippen LogP contribution in [0.3, 0.4) is 0 Å². The van der Waals surface area contributed by atoms with Gasteiger partial charge in [0.15, 0.2) is 0 Å². The van der Waals surface area contributed by atoms with E-state index in [1.54, 1.807) is 30.6 Å². The lowest BCUT2D eigenvalue weighted by molar-refractivity contribution is 0.0994. The number of hydrogen-bond acceptors (Lipinski definition) is 4. The lowest BCUT2D eigenvalue weighted by Crippen LogP contribution is -2.16. The molecule has 16 heavy (non-hydrogen) atoms. The molecule has 0 spiro atoms. The quantitative estimate of drug-likeness (QED) is 0.809. The third kappa shape index (κ3) is 2.20.